The minimum atomic E-state index is -4.56. The first-order valence-electron chi connectivity index (χ1n) is 5.94. The number of hydrogen-bond donors (Lipinski definition) is 1. The fourth-order valence-corrected chi connectivity index (χ4v) is 2.07. The fraction of sp³-hybridized carbons (Fsp3) is 0.583. The quantitative estimate of drug-likeness (QED) is 0.868. The van der Waals surface area contributed by atoms with Gasteiger partial charge in [0.15, 0.2) is 0 Å². The molecule has 19 heavy (non-hydrogen) atoms. The summed E-state index contributed by atoms with van der Waals surface area (Å²) in [6.45, 7) is -0.0187. The largest absolute Gasteiger partial charge is 0.481 e. The van der Waals surface area contributed by atoms with E-state index in [0.717, 1.165) is 0 Å². The molecule has 1 heterocycles. The third-order valence-electron chi connectivity index (χ3n) is 3.08. The number of carbonyl (C=O) groups is 1. The zero-order valence-electron chi connectivity index (χ0n) is 10.1. The number of halogens is 3. The van der Waals surface area contributed by atoms with Crippen LogP contribution in [-0.4, -0.2) is 34.2 Å². The molecule has 106 valence electrons. The first-order chi connectivity index (χ1) is 8.88. The maximum Gasteiger partial charge on any atom is 0.404 e. The van der Waals surface area contributed by atoms with E-state index in [-0.39, 0.29) is 12.6 Å². The van der Waals surface area contributed by atoms with Crippen molar-refractivity contribution in [3.05, 3.63) is 24.2 Å². The van der Waals surface area contributed by atoms with Gasteiger partial charge in [0.1, 0.15) is 11.8 Å². The van der Waals surface area contributed by atoms with Crippen LogP contribution in [0.5, 0.6) is 0 Å². The van der Waals surface area contributed by atoms with E-state index < -0.39 is 24.6 Å². The van der Waals surface area contributed by atoms with E-state index in [1.807, 2.05) is 0 Å². The monoisotopic (exact) mass is 277 g/mol. The van der Waals surface area contributed by atoms with Crippen LogP contribution in [0.2, 0.25) is 0 Å². The van der Waals surface area contributed by atoms with Gasteiger partial charge in [0.05, 0.1) is 19.2 Å². The Labute approximate surface area is 107 Å². The number of hydrogen-bond acceptors (Lipinski definition) is 3. The van der Waals surface area contributed by atoms with E-state index in [0.29, 0.717) is 18.6 Å². The van der Waals surface area contributed by atoms with Gasteiger partial charge in [0, 0.05) is 6.04 Å². The Hall–Kier alpha value is -1.50. The lowest BCUT2D eigenvalue weighted by Crippen LogP contribution is -2.47. The van der Waals surface area contributed by atoms with Gasteiger partial charge in [-0.3, -0.25) is 9.69 Å². The van der Waals surface area contributed by atoms with Crippen molar-refractivity contribution in [1.82, 2.24) is 4.90 Å². The van der Waals surface area contributed by atoms with E-state index in [4.69, 9.17) is 9.52 Å². The van der Waals surface area contributed by atoms with Crippen LogP contribution >= 0.6 is 0 Å². The Kier molecular flexibility index (Phi) is 3.84. The van der Waals surface area contributed by atoms with E-state index in [2.05, 4.69) is 0 Å². The van der Waals surface area contributed by atoms with Crippen molar-refractivity contribution >= 4 is 5.97 Å². The standard InChI is InChI=1S/C12H14F3NO3/c13-12(14,15)10(6-11(17)18)16(8-3-4-8)7-9-2-1-5-19-9/h1-2,5,8,10H,3-4,6-7H2,(H,17,18). The van der Waals surface area contributed by atoms with Gasteiger partial charge in [0.2, 0.25) is 0 Å². The third-order valence-corrected chi connectivity index (χ3v) is 3.08. The molecule has 1 N–H and O–H groups in total. The van der Waals surface area contributed by atoms with E-state index in [1.54, 1.807) is 12.1 Å². The molecule has 1 fully saturated rings. The number of nitrogens with zero attached hydrogens (tertiary/aromatic N) is 1. The van der Waals surface area contributed by atoms with Crippen LogP contribution in [0.3, 0.4) is 0 Å². The molecular formula is C12H14F3NO3. The summed E-state index contributed by atoms with van der Waals surface area (Å²) < 4.78 is 44.1. The van der Waals surface area contributed by atoms with E-state index >= 15 is 0 Å². The average Bonchev–Trinajstić information content (AvgIpc) is 3.00. The van der Waals surface area contributed by atoms with Crippen LogP contribution < -0.4 is 0 Å². The first kappa shape index (κ1) is 13.9. The molecule has 1 aromatic rings. The topological polar surface area (TPSA) is 53.7 Å². The summed E-state index contributed by atoms with van der Waals surface area (Å²) >= 11 is 0. The van der Waals surface area contributed by atoms with Crippen LogP contribution in [0, 0.1) is 0 Å². The second kappa shape index (κ2) is 5.24. The van der Waals surface area contributed by atoms with E-state index in [1.165, 1.54) is 11.2 Å². The zero-order valence-corrected chi connectivity index (χ0v) is 10.1. The van der Waals surface area contributed by atoms with Gasteiger partial charge in [-0.1, -0.05) is 0 Å². The van der Waals surface area contributed by atoms with Crippen molar-refractivity contribution in [2.24, 2.45) is 0 Å². The van der Waals surface area contributed by atoms with Crippen molar-refractivity contribution in [3.8, 4) is 0 Å². The lowest BCUT2D eigenvalue weighted by atomic mass is 10.1. The van der Waals surface area contributed by atoms with Crippen molar-refractivity contribution in [2.75, 3.05) is 0 Å². The number of alkyl halides is 3. The summed E-state index contributed by atoms with van der Waals surface area (Å²) in [5, 5.41) is 8.67. The summed E-state index contributed by atoms with van der Waals surface area (Å²) in [5.41, 5.74) is 0. The molecule has 7 heteroatoms. The van der Waals surface area contributed by atoms with Gasteiger partial charge in [-0.05, 0) is 25.0 Å². The highest BCUT2D eigenvalue weighted by Gasteiger charge is 2.49. The maximum atomic E-state index is 13.0. The summed E-state index contributed by atoms with van der Waals surface area (Å²) in [7, 11) is 0. The average molecular weight is 277 g/mol. The summed E-state index contributed by atoms with van der Waals surface area (Å²) in [4.78, 5) is 11.8. The predicted octanol–water partition coefficient (Wildman–Crippen LogP) is 2.65. The molecule has 0 aromatic carbocycles. The Bertz CT molecular complexity index is 426. The molecule has 0 amide bonds. The van der Waals surface area contributed by atoms with Crippen molar-refractivity contribution < 1.29 is 27.5 Å². The Morgan fingerprint density at radius 3 is 2.63 bits per heavy atom. The lowest BCUT2D eigenvalue weighted by Gasteiger charge is -2.31. The molecule has 1 aliphatic rings. The van der Waals surface area contributed by atoms with Gasteiger partial charge in [-0.15, -0.1) is 0 Å². The van der Waals surface area contributed by atoms with Gasteiger partial charge in [-0.2, -0.15) is 13.2 Å². The number of rotatable bonds is 6. The molecule has 0 saturated heterocycles. The number of carboxylic acids is 1. The first-order valence-corrected chi connectivity index (χ1v) is 5.94. The lowest BCUT2D eigenvalue weighted by molar-refractivity contribution is -0.194. The molecule has 4 nitrogen and oxygen atoms in total. The van der Waals surface area contributed by atoms with Gasteiger partial charge < -0.3 is 9.52 Å². The van der Waals surface area contributed by atoms with Gasteiger partial charge in [0.25, 0.3) is 0 Å². The Morgan fingerprint density at radius 1 is 1.53 bits per heavy atom. The molecule has 0 bridgehead atoms. The Morgan fingerprint density at radius 2 is 2.21 bits per heavy atom. The predicted molar refractivity (Wildman–Crippen MR) is 59.4 cm³/mol. The van der Waals surface area contributed by atoms with Crippen molar-refractivity contribution in [1.29, 1.82) is 0 Å². The van der Waals surface area contributed by atoms with Crippen molar-refractivity contribution in [2.45, 2.75) is 44.1 Å². The molecule has 1 aromatic heterocycles. The van der Waals surface area contributed by atoms with Crippen LogP contribution in [0.15, 0.2) is 22.8 Å². The van der Waals surface area contributed by atoms with Gasteiger partial charge >= 0.3 is 12.1 Å². The second-order valence-corrected chi connectivity index (χ2v) is 4.64. The SMILES string of the molecule is O=C(O)CC(N(Cc1ccco1)C1CC1)C(F)(F)F. The third kappa shape index (κ3) is 3.73. The molecule has 1 unspecified atom stereocenters. The molecule has 1 aliphatic carbocycles. The molecule has 2 rings (SSSR count). The number of carboxylic acid groups (broad SMARTS) is 1. The molecule has 0 spiro atoms. The molecule has 1 atom stereocenters. The smallest absolute Gasteiger partial charge is 0.404 e. The van der Waals surface area contributed by atoms with Crippen LogP contribution in [0.4, 0.5) is 13.2 Å². The van der Waals surface area contributed by atoms with E-state index in [9.17, 15) is 18.0 Å². The summed E-state index contributed by atoms with van der Waals surface area (Å²) in [6.07, 6.45) is -2.80. The number of aliphatic carboxylic acids is 1. The summed E-state index contributed by atoms with van der Waals surface area (Å²) in [6, 6.07) is 1.00. The fourth-order valence-electron chi connectivity index (χ4n) is 2.07. The highest BCUT2D eigenvalue weighted by atomic mass is 19.4. The molecular weight excluding hydrogens is 263 g/mol. The highest BCUT2D eigenvalue weighted by molar-refractivity contribution is 5.67. The van der Waals surface area contributed by atoms with Crippen LogP contribution in [0.25, 0.3) is 0 Å². The normalized spacial score (nSPS) is 17.7. The number of furan rings is 1. The summed E-state index contributed by atoms with van der Waals surface area (Å²) in [5.74, 6) is -1.04. The zero-order chi connectivity index (χ0) is 14.0. The molecule has 1 saturated carbocycles. The van der Waals surface area contributed by atoms with Crippen LogP contribution in [0.1, 0.15) is 25.0 Å². The molecule has 0 radical (unpaired) electrons. The highest BCUT2D eigenvalue weighted by Crippen LogP contribution is 2.37. The minimum absolute atomic E-state index is 0.0187. The maximum absolute atomic E-state index is 13.0. The Balaban J connectivity index is 2.16. The molecule has 0 aliphatic heterocycles. The van der Waals surface area contributed by atoms with Gasteiger partial charge in [-0.25, -0.2) is 0 Å². The minimum Gasteiger partial charge on any atom is -0.481 e. The van der Waals surface area contributed by atoms with Crippen LogP contribution in [-0.2, 0) is 11.3 Å². The second-order valence-electron chi connectivity index (χ2n) is 4.64. The van der Waals surface area contributed by atoms with Crippen molar-refractivity contribution in [3.63, 3.8) is 0 Å².